The number of nitrogens with one attached hydrogen (secondary N) is 1. The van der Waals surface area contributed by atoms with E-state index in [1.54, 1.807) is 7.11 Å². The van der Waals surface area contributed by atoms with E-state index in [0.717, 1.165) is 29.5 Å². The predicted octanol–water partition coefficient (Wildman–Crippen LogP) is 3.88. The zero-order valence-electron chi connectivity index (χ0n) is 15.9. The van der Waals surface area contributed by atoms with Crippen molar-refractivity contribution in [3.05, 3.63) is 84.4 Å². The van der Waals surface area contributed by atoms with Crippen LogP contribution in [0.15, 0.2) is 73.1 Å². The van der Waals surface area contributed by atoms with Crippen LogP contribution < -0.4 is 5.32 Å². The number of aromatic nitrogens is 2. The first-order chi connectivity index (χ1) is 13.8. The van der Waals surface area contributed by atoms with Gasteiger partial charge in [0.1, 0.15) is 0 Å². The van der Waals surface area contributed by atoms with Gasteiger partial charge >= 0.3 is 0 Å². The molecule has 2 atom stereocenters. The number of nitrogens with zero attached hydrogens (tertiary/aromatic N) is 3. The molecule has 1 aromatic carbocycles. The molecule has 0 amide bonds. The first-order valence-corrected chi connectivity index (χ1v) is 9.90. The number of hydrogen-bond acceptors (Lipinski definition) is 3. The molecule has 6 heteroatoms. The maximum atomic E-state index is 5.72. The second-order valence-electron chi connectivity index (χ2n) is 6.80. The Hall–Kier alpha value is -2.70. The van der Waals surface area contributed by atoms with Crippen molar-refractivity contribution in [3.8, 4) is 5.69 Å². The van der Waals surface area contributed by atoms with Crippen molar-refractivity contribution >= 4 is 17.3 Å². The molecule has 2 aromatic heterocycles. The molecule has 144 valence electrons. The van der Waals surface area contributed by atoms with E-state index in [2.05, 4.69) is 68.4 Å². The third-order valence-corrected chi connectivity index (χ3v) is 5.42. The van der Waals surface area contributed by atoms with Crippen LogP contribution in [0.4, 0.5) is 0 Å². The number of thiocarbonyl (C=S) groups is 1. The number of ether oxygens (including phenoxy) is 1. The van der Waals surface area contributed by atoms with Crippen molar-refractivity contribution in [1.82, 2.24) is 19.8 Å². The van der Waals surface area contributed by atoms with Crippen molar-refractivity contribution in [2.24, 2.45) is 0 Å². The average molecular weight is 393 g/mol. The first kappa shape index (κ1) is 18.7. The minimum absolute atomic E-state index is 0.00592. The van der Waals surface area contributed by atoms with Gasteiger partial charge in [-0.2, -0.15) is 0 Å². The second kappa shape index (κ2) is 8.54. The lowest BCUT2D eigenvalue weighted by Gasteiger charge is -2.29. The van der Waals surface area contributed by atoms with Crippen molar-refractivity contribution < 1.29 is 4.74 Å². The number of hydrogen-bond donors (Lipinski definition) is 1. The minimum atomic E-state index is -0.00592. The molecule has 28 heavy (non-hydrogen) atoms. The van der Waals surface area contributed by atoms with Crippen LogP contribution in [0.2, 0.25) is 0 Å². The van der Waals surface area contributed by atoms with E-state index in [-0.39, 0.29) is 12.1 Å². The summed E-state index contributed by atoms with van der Waals surface area (Å²) >= 11 is 5.72. The van der Waals surface area contributed by atoms with Gasteiger partial charge in [-0.3, -0.25) is 4.98 Å². The minimum Gasteiger partial charge on any atom is -0.385 e. The Kier molecular flexibility index (Phi) is 5.69. The predicted molar refractivity (Wildman–Crippen MR) is 114 cm³/mol. The number of methoxy groups -OCH3 is 1. The van der Waals surface area contributed by atoms with Crippen LogP contribution in [0.25, 0.3) is 5.69 Å². The topological polar surface area (TPSA) is 42.3 Å². The van der Waals surface area contributed by atoms with E-state index < -0.39 is 0 Å². The molecule has 1 N–H and O–H groups in total. The maximum Gasteiger partial charge on any atom is 0.170 e. The number of para-hydroxylation sites is 1. The van der Waals surface area contributed by atoms with Crippen LogP contribution in [0.1, 0.15) is 29.9 Å². The summed E-state index contributed by atoms with van der Waals surface area (Å²) in [4.78, 5) is 6.87. The lowest BCUT2D eigenvalue weighted by Crippen LogP contribution is -2.32. The largest absolute Gasteiger partial charge is 0.385 e. The molecule has 0 unspecified atom stereocenters. The zero-order valence-corrected chi connectivity index (χ0v) is 16.7. The summed E-state index contributed by atoms with van der Waals surface area (Å²) < 4.78 is 7.50. The highest BCUT2D eigenvalue weighted by atomic mass is 32.1. The molecule has 1 aliphatic rings. The third-order valence-electron chi connectivity index (χ3n) is 5.06. The van der Waals surface area contributed by atoms with Gasteiger partial charge in [0.05, 0.1) is 17.8 Å². The molecule has 0 aliphatic carbocycles. The molecule has 1 saturated heterocycles. The third kappa shape index (κ3) is 3.66. The summed E-state index contributed by atoms with van der Waals surface area (Å²) in [6.45, 7) is 1.54. The van der Waals surface area contributed by atoms with Gasteiger partial charge in [0.2, 0.25) is 0 Å². The highest BCUT2D eigenvalue weighted by Gasteiger charge is 2.40. The smallest absolute Gasteiger partial charge is 0.170 e. The number of rotatable bonds is 7. The number of benzene rings is 1. The zero-order chi connectivity index (χ0) is 19.3. The average Bonchev–Trinajstić information content (AvgIpc) is 3.34. The molecule has 0 saturated carbocycles. The fourth-order valence-electron chi connectivity index (χ4n) is 3.81. The van der Waals surface area contributed by atoms with Gasteiger partial charge in [-0.05, 0) is 55.0 Å². The summed E-state index contributed by atoms with van der Waals surface area (Å²) in [6.07, 6.45) is 4.85. The molecule has 3 aromatic rings. The van der Waals surface area contributed by atoms with Crippen LogP contribution >= 0.6 is 12.2 Å². The molecule has 5 nitrogen and oxygen atoms in total. The van der Waals surface area contributed by atoms with Gasteiger partial charge in [-0.1, -0.05) is 24.3 Å². The van der Waals surface area contributed by atoms with Gasteiger partial charge < -0.3 is 19.5 Å². The Morgan fingerprint density at radius 3 is 2.64 bits per heavy atom. The van der Waals surface area contributed by atoms with Crippen LogP contribution in [-0.4, -0.2) is 39.8 Å². The molecule has 4 rings (SSSR count). The molecule has 0 bridgehead atoms. The van der Waals surface area contributed by atoms with E-state index in [9.17, 15) is 0 Å². The Morgan fingerprint density at radius 2 is 1.89 bits per heavy atom. The van der Waals surface area contributed by atoms with Gasteiger partial charge in [-0.25, -0.2) is 0 Å². The van der Waals surface area contributed by atoms with E-state index in [4.69, 9.17) is 17.0 Å². The molecule has 0 radical (unpaired) electrons. The fraction of sp³-hybridized carbons (Fsp3) is 0.273. The van der Waals surface area contributed by atoms with Gasteiger partial charge in [-0.15, -0.1) is 0 Å². The quantitative estimate of drug-likeness (QED) is 0.488. The molecule has 0 spiro atoms. The summed E-state index contributed by atoms with van der Waals surface area (Å²) in [6, 6.07) is 20.7. The van der Waals surface area contributed by atoms with Gasteiger partial charge in [0, 0.05) is 44.0 Å². The Morgan fingerprint density at radius 1 is 1.07 bits per heavy atom. The van der Waals surface area contributed by atoms with Crippen molar-refractivity contribution in [2.45, 2.75) is 18.5 Å². The molecular formula is C22H24N4OS. The molecule has 1 fully saturated rings. The van der Waals surface area contributed by atoms with Crippen molar-refractivity contribution in [2.75, 3.05) is 20.3 Å². The SMILES string of the molecule is COCCCN1C(=S)N[C@H](c2ccccn2)[C@@H]1c1cccn1-c1ccccc1. The lowest BCUT2D eigenvalue weighted by molar-refractivity contribution is 0.180. The summed E-state index contributed by atoms with van der Waals surface area (Å²) in [5, 5.41) is 4.27. The van der Waals surface area contributed by atoms with Crippen LogP contribution in [0.3, 0.4) is 0 Å². The van der Waals surface area contributed by atoms with Gasteiger partial charge in [0.25, 0.3) is 0 Å². The Labute approximate surface area is 171 Å². The Balaban J connectivity index is 1.75. The number of pyridine rings is 1. The molecule has 3 heterocycles. The highest BCUT2D eigenvalue weighted by Crippen LogP contribution is 2.39. The molecular weight excluding hydrogens is 368 g/mol. The van der Waals surface area contributed by atoms with Crippen LogP contribution in [0, 0.1) is 0 Å². The normalized spacial score (nSPS) is 19.0. The van der Waals surface area contributed by atoms with E-state index in [1.165, 1.54) is 5.69 Å². The lowest BCUT2D eigenvalue weighted by atomic mass is 10.0. The molecule has 1 aliphatic heterocycles. The maximum absolute atomic E-state index is 5.72. The second-order valence-corrected chi connectivity index (χ2v) is 7.19. The van der Waals surface area contributed by atoms with Crippen LogP contribution in [-0.2, 0) is 4.74 Å². The summed E-state index contributed by atoms with van der Waals surface area (Å²) in [5.74, 6) is 0. The highest BCUT2D eigenvalue weighted by molar-refractivity contribution is 7.80. The van der Waals surface area contributed by atoms with Gasteiger partial charge in [0.15, 0.2) is 5.11 Å². The van der Waals surface area contributed by atoms with Crippen molar-refractivity contribution in [3.63, 3.8) is 0 Å². The van der Waals surface area contributed by atoms with E-state index in [0.29, 0.717) is 6.61 Å². The standard InChI is InChI=1S/C22H24N4OS/c1-27-16-8-15-26-21(20(24-22(26)28)18-11-5-6-13-23-18)19-12-7-14-25(19)17-9-3-2-4-10-17/h2-7,9-14,20-21H,8,15-16H2,1H3,(H,24,28)/t20-,21+/m1/s1. The Bertz CT molecular complexity index is 913. The first-order valence-electron chi connectivity index (χ1n) is 9.49. The fourth-order valence-corrected chi connectivity index (χ4v) is 4.14. The summed E-state index contributed by atoms with van der Waals surface area (Å²) in [5.41, 5.74) is 3.31. The monoisotopic (exact) mass is 392 g/mol. The van der Waals surface area contributed by atoms with Crippen LogP contribution in [0.5, 0.6) is 0 Å². The van der Waals surface area contributed by atoms with E-state index >= 15 is 0 Å². The van der Waals surface area contributed by atoms with Crippen molar-refractivity contribution in [1.29, 1.82) is 0 Å². The summed E-state index contributed by atoms with van der Waals surface area (Å²) in [7, 11) is 1.73. The van der Waals surface area contributed by atoms with E-state index in [1.807, 2.05) is 24.4 Å².